The van der Waals surface area contributed by atoms with Crippen LogP contribution in [0.15, 0.2) is 42.5 Å². The Morgan fingerprint density at radius 2 is 1.78 bits per heavy atom. The zero-order valence-corrected chi connectivity index (χ0v) is 12.1. The van der Waals surface area contributed by atoms with Gasteiger partial charge in [-0.25, -0.2) is 4.79 Å². The molecular weight excluding hydrogens is 300 g/mol. The standard InChI is InChI=1S/C17H14O6/c18-16(19)12-4-2-1-3-10(12)7-13(17(20)21)11-5-6-14-15(8-11)23-9-22-14/h1-6,8,13H,7,9H2,(H,18,19)(H,20,21). The topological polar surface area (TPSA) is 93.1 Å². The molecule has 0 aliphatic carbocycles. The molecule has 0 aromatic heterocycles. The Morgan fingerprint density at radius 1 is 1.04 bits per heavy atom. The highest BCUT2D eigenvalue weighted by Gasteiger charge is 2.25. The monoisotopic (exact) mass is 314 g/mol. The summed E-state index contributed by atoms with van der Waals surface area (Å²) in [6.07, 6.45) is 0.0808. The number of carboxylic acid groups (broad SMARTS) is 2. The van der Waals surface area contributed by atoms with Gasteiger partial charge < -0.3 is 19.7 Å². The average molecular weight is 314 g/mol. The second-order valence-corrected chi connectivity index (χ2v) is 5.17. The van der Waals surface area contributed by atoms with Crippen molar-refractivity contribution in [2.75, 3.05) is 6.79 Å². The first-order chi connectivity index (χ1) is 11.1. The molecule has 23 heavy (non-hydrogen) atoms. The van der Waals surface area contributed by atoms with E-state index in [9.17, 15) is 19.8 Å². The van der Waals surface area contributed by atoms with Gasteiger partial charge in [-0.1, -0.05) is 24.3 Å². The molecule has 0 radical (unpaired) electrons. The van der Waals surface area contributed by atoms with Gasteiger partial charge in [0, 0.05) is 0 Å². The number of carboxylic acids is 2. The van der Waals surface area contributed by atoms with Crippen LogP contribution in [0.3, 0.4) is 0 Å². The van der Waals surface area contributed by atoms with E-state index in [0.717, 1.165) is 0 Å². The molecule has 1 unspecified atom stereocenters. The van der Waals surface area contributed by atoms with E-state index in [0.29, 0.717) is 22.6 Å². The van der Waals surface area contributed by atoms with Gasteiger partial charge in [-0.15, -0.1) is 0 Å². The SMILES string of the molecule is O=C(O)c1ccccc1CC(C(=O)O)c1ccc2c(c1)OCO2. The van der Waals surface area contributed by atoms with Crippen LogP contribution in [0.1, 0.15) is 27.4 Å². The van der Waals surface area contributed by atoms with Gasteiger partial charge in [-0.05, 0) is 35.7 Å². The number of aromatic carboxylic acids is 1. The van der Waals surface area contributed by atoms with Crippen molar-refractivity contribution in [2.24, 2.45) is 0 Å². The maximum absolute atomic E-state index is 11.7. The Labute approximate surface area is 131 Å². The normalized spacial score (nSPS) is 13.6. The van der Waals surface area contributed by atoms with E-state index in [2.05, 4.69) is 0 Å². The number of ether oxygens (including phenoxy) is 2. The van der Waals surface area contributed by atoms with Crippen molar-refractivity contribution in [3.8, 4) is 11.5 Å². The molecular formula is C17H14O6. The van der Waals surface area contributed by atoms with E-state index < -0.39 is 17.9 Å². The van der Waals surface area contributed by atoms with Crippen molar-refractivity contribution in [1.82, 2.24) is 0 Å². The van der Waals surface area contributed by atoms with Crippen molar-refractivity contribution in [3.63, 3.8) is 0 Å². The molecule has 3 rings (SSSR count). The third-order valence-electron chi connectivity index (χ3n) is 3.77. The predicted molar refractivity (Wildman–Crippen MR) is 80.0 cm³/mol. The summed E-state index contributed by atoms with van der Waals surface area (Å²) in [6.45, 7) is 0.109. The summed E-state index contributed by atoms with van der Waals surface area (Å²) in [5.41, 5.74) is 1.13. The highest BCUT2D eigenvalue weighted by molar-refractivity contribution is 5.89. The van der Waals surface area contributed by atoms with Crippen LogP contribution in [0, 0.1) is 0 Å². The molecule has 2 N–H and O–H groups in total. The van der Waals surface area contributed by atoms with Crippen LogP contribution >= 0.6 is 0 Å². The van der Waals surface area contributed by atoms with Gasteiger partial charge >= 0.3 is 11.9 Å². The molecule has 118 valence electrons. The van der Waals surface area contributed by atoms with Crippen molar-refractivity contribution in [3.05, 3.63) is 59.2 Å². The van der Waals surface area contributed by atoms with Crippen molar-refractivity contribution in [2.45, 2.75) is 12.3 Å². The van der Waals surface area contributed by atoms with Gasteiger partial charge in [0.25, 0.3) is 0 Å². The fourth-order valence-corrected chi connectivity index (χ4v) is 2.60. The number of fused-ring (bicyclic) bond motifs is 1. The Morgan fingerprint density at radius 3 is 2.52 bits per heavy atom. The molecule has 0 spiro atoms. The highest BCUT2D eigenvalue weighted by atomic mass is 16.7. The minimum atomic E-state index is -1.07. The van der Waals surface area contributed by atoms with Crippen LogP contribution in [0.4, 0.5) is 0 Å². The van der Waals surface area contributed by atoms with E-state index in [-0.39, 0.29) is 18.8 Å². The largest absolute Gasteiger partial charge is 0.481 e. The van der Waals surface area contributed by atoms with E-state index >= 15 is 0 Å². The molecule has 1 heterocycles. The van der Waals surface area contributed by atoms with Crippen LogP contribution in [-0.4, -0.2) is 28.9 Å². The maximum Gasteiger partial charge on any atom is 0.335 e. The first kappa shape index (κ1) is 14.9. The molecule has 2 aromatic carbocycles. The summed E-state index contributed by atoms with van der Waals surface area (Å²) in [6, 6.07) is 11.4. The molecule has 6 nitrogen and oxygen atoms in total. The fraction of sp³-hybridized carbons (Fsp3) is 0.176. The van der Waals surface area contributed by atoms with Crippen LogP contribution in [0.2, 0.25) is 0 Å². The number of rotatable bonds is 5. The summed E-state index contributed by atoms with van der Waals surface area (Å²) in [5, 5.41) is 18.8. The number of hydrogen-bond donors (Lipinski definition) is 2. The van der Waals surface area contributed by atoms with Gasteiger partial charge in [0.1, 0.15) is 0 Å². The first-order valence-electron chi connectivity index (χ1n) is 7.00. The lowest BCUT2D eigenvalue weighted by molar-refractivity contribution is -0.138. The smallest absolute Gasteiger partial charge is 0.335 e. The van der Waals surface area contributed by atoms with Crippen LogP contribution in [-0.2, 0) is 11.2 Å². The molecule has 1 atom stereocenters. The minimum Gasteiger partial charge on any atom is -0.481 e. The molecule has 0 amide bonds. The Hall–Kier alpha value is -3.02. The van der Waals surface area contributed by atoms with E-state index in [1.165, 1.54) is 6.07 Å². The Kier molecular flexibility index (Phi) is 3.89. The summed E-state index contributed by atoms with van der Waals surface area (Å²) in [5.74, 6) is -1.89. The second-order valence-electron chi connectivity index (χ2n) is 5.17. The Balaban J connectivity index is 1.94. The van der Waals surface area contributed by atoms with Gasteiger partial charge in [0.05, 0.1) is 11.5 Å². The molecule has 0 bridgehead atoms. The van der Waals surface area contributed by atoms with Crippen molar-refractivity contribution in [1.29, 1.82) is 0 Å². The van der Waals surface area contributed by atoms with E-state index in [1.807, 2.05) is 0 Å². The lowest BCUT2D eigenvalue weighted by Gasteiger charge is -2.15. The quantitative estimate of drug-likeness (QED) is 0.881. The zero-order valence-electron chi connectivity index (χ0n) is 12.1. The first-order valence-corrected chi connectivity index (χ1v) is 7.00. The molecule has 2 aromatic rings. The molecule has 6 heteroatoms. The van der Waals surface area contributed by atoms with Crippen molar-refractivity contribution >= 4 is 11.9 Å². The van der Waals surface area contributed by atoms with Gasteiger partial charge in [0.15, 0.2) is 11.5 Å². The lowest BCUT2D eigenvalue weighted by Crippen LogP contribution is -2.16. The van der Waals surface area contributed by atoms with Gasteiger partial charge in [-0.2, -0.15) is 0 Å². The number of hydrogen-bond acceptors (Lipinski definition) is 4. The molecule has 0 saturated heterocycles. The third-order valence-corrected chi connectivity index (χ3v) is 3.77. The summed E-state index contributed by atoms with van der Waals surface area (Å²) >= 11 is 0. The molecule has 1 aliphatic heterocycles. The number of benzene rings is 2. The molecule has 0 fully saturated rings. The Bertz CT molecular complexity index is 767. The fourth-order valence-electron chi connectivity index (χ4n) is 2.60. The minimum absolute atomic E-state index is 0.0808. The van der Waals surface area contributed by atoms with Crippen LogP contribution < -0.4 is 9.47 Å². The van der Waals surface area contributed by atoms with E-state index in [1.54, 1.807) is 36.4 Å². The molecule has 1 aliphatic rings. The van der Waals surface area contributed by atoms with Gasteiger partial charge in [0.2, 0.25) is 6.79 Å². The van der Waals surface area contributed by atoms with Crippen molar-refractivity contribution < 1.29 is 29.3 Å². The summed E-state index contributed by atoms with van der Waals surface area (Å²) in [7, 11) is 0. The van der Waals surface area contributed by atoms with Crippen LogP contribution in [0.25, 0.3) is 0 Å². The second kappa shape index (κ2) is 6.00. The maximum atomic E-state index is 11.7. The van der Waals surface area contributed by atoms with Crippen LogP contribution in [0.5, 0.6) is 11.5 Å². The lowest BCUT2D eigenvalue weighted by atomic mass is 9.90. The number of aliphatic carboxylic acids is 1. The predicted octanol–water partition coefficient (Wildman–Crippen LogP) is 2.52. The highest BCUT2D eigenvalue weighted by Crippen LogP contribution is 2.35. The average Bonchev–Trinajstić information content (AvgIpc) is 3.00. The molecule has 0 saturated carbocycles. The third kappa shape index (κ3) is 2.96. The van der Waals surface area contributed by atoms with Gasteiger partial charge in [-0.3, -0.25) is 4.79 Å². The zero-order chi connectivity index (χ0) is 16.4. The number of carbonyl (C=O) groups is 2. The van der Waals surface area contributed by atoms with E-state index in [4.69, 9.17) is 9.47 Å². The summed E-state index contributed by atoms with van der Waals surface area (Å²) in [4.78, 5) is 22.9. The summed E-state index contributed by atoms with van der Waals surface area (Å²) < 4.78 is 10.5.